The number of carbonyl (C=O) groups is 1. The third-order valence-electron chi connectivity index (χ3n) is 3.93. The van der Waals surface area contributed by atoms with Gasteiger partial charge in [0.25, 0.3) is 11.5 Å². The Balaban J connectivity index is 1.61. The number of rotatable bonds is 4. The zero-order valence-electron chi connectivity index (χ0n) is 13.9. The van der Waals surface area contributed by atoms with Gasteiger partial charge in [0.05, 0.1) is 34.8 Å². The Labute approximate surface area is 152 Å². The number of fused-ring (bicyclic) bond motifs is 1. The number of H-pyrrole nitrogens is 1. The molecule has 0 bridgehead atoms. The number of aromatic nitrogens is 4. The molecule has 0 atom stereocenters. The fraction of sp³-hybridized carbons (Fsp3) is 0.111. The molecule has 0 fully saturated rings. The van der Waals surface area contributed by atoms with Crippen molar-refractivity contribution in [2.24, 2.45) is 0 Å². The van der Waals surface area contributed by atoms with Gasteiger partial charge in [-0.3, -0.25) is 9.59 Å². The van der Waals surface area contributed by atoms with E-state index in [9.17, 15) is 9.59 Å². The first-order valence-electron chi connectivity index (χ1n) is 7.98. The number of benzene rings is 1. The highest BCUT2D eigenvalue weighted by atomic mass is 32.1. The predicted octanol–water partition coefficient (Wildman–Crippen LogP) is 2.41. The lowest BCUT2D eigenvalue weighted by Gasteiger charge is -2.03. The van der Waals surface area contributed by atoms with E-state index < -0.39 is 0 Å². The molecule has 0 spiro atoms. The standard InChI is InChI=1S/C18H15N5O2S/c1-11-14-8-15(17(25)19-9-12-7-16(24)21-10-20-12)26-18(14)23(22-11)13-5-3-2-4-6-13/h2-8,10H,9H2,1H3,(H,19,25)(H,20,21,24). The monoisotopic (exact) mass is 365 g/mol. The summed E-state index contributed by atoms with van der Waals surface area (Å²) in [6.45, 7) is 2.12. The number of para-hydroxylation sites is 1. The molecule has 4 rings (SSSR count). The molecular formula is C18H15N5O2S. The minimum Gasteiger partial charge on any atom is -0.346 e. The second-order valence-corrected chi connectivity index (χ2v) is 6.78. The number of hydrogen-bond donors (Lipinski definition) is 2. The quantitative estimate of drug-likeness (QED) is 0.581. The van der Waals surface area contributed by atoms with Gasteiger partial charge in [-0.1, -0.05) is 18.2 Å². The summed E-state index contributed by atoms with van der Waals surface area (Å²) >= 11 is 1.39. The fourth-order valence-electron chi connectivity index (χ4n) is 2.67. The zero-order chi connectivity index (χ0) is 18.1. The van der Waals surface area contributed by atoms with Gasteiger partial charge in [0.15, 0.2) is 0 Å². The first kappa shape index (κ1) is 16.2. The normalized spacial score (nSPS) is 11.0. The molecule has 0 aliphatic rings. The molecule has 0 aliphatic heterocycles. The van der Waals surface area contributed by atoms with Crippen LogP contribution in [-0.4, -0.2) is 25.7 Å². The van der Waals surface area contributed by atoms with E-state index >= 15 is 0 Å². The van der Waals surface area contributed by atoms with Crippen LogP contribution in [0.5, 0.6) is 0 Å². The third kappa shape index (κ3) is 3.02. The molecule has 4 aromatic rings. The molecule has 0 saturated carbocycles. The summed E-state index contributed by atoms with van der Waals surface area (Å²) in [6.07, 6.45) is 1.32. The van der Waals surface area contributed by atoms with Crippen LogP contribution in [-0.2, 0) is 6.54 Å². The Kier molecular flexibility index (Phi) is 4.10. The highest BCUT2D eigenvalue weighted by Crippen LogP contribution is 2.30. The molecular weight excluding hydrogens is 350 g/mol. The topological polar surface area (TPSA) is 92.7 Å². The first-order valence-corrected chi connectivity index (χ1v) is 8.80. The van der Waals surface area contributed by atoms with Crippen LogP contribution in [0.2, 0.25) is 0 Å². The molecule has 8 heteroatoms. The van der Waals surface area contributed by atoms with Gasteiger partial charge < -0.3 is 10.3 Å². The second-order valence-electron chi connectivity index (χ2n) is 5.75. The summed E-state index contributed by atoms with van der Waals surface area (Å²) in [6, 6.07) is 13.0. The van der Waals surface area contributed by atoms with Crippen LogP contribution in [0.4, 0.5) is 0 Å². The fourth-order valence-corrected chi connectivity index (χ4v) is 3.77. The lowest BCUT2D eigenvalue weighted by Crippen LogP contribution is -2.23. The van der Waals surface area contributed by atoms with E-state index in [0.29, 0.717) is 10.6 Å². The van der Waals surface area contributed by atoms with Crippen molar-refractivity contribution in [3.63, 3.8) is 0 Å². The summed E-state index contributed by atoms with van der Waals surface area (Å²) in [4.78, 5) is 31.8. The maximum atomic E-state index is 12.5. The van der Waals surface area contributed by atoms with Gasteiger partial charge >= 0.3 is 0 Å². The number of carbonyl (C=O) groups excluding carboxylic acids is 1. The van der Waals surface area contributed by atoms with Gasteiger partial charge in [-0.2, -0.15) is 5.10 Å². The van der Waals surface area contributed by atoms with Crippen molar-refractivity contribution in [3.8, 4) is 5.69 Å². The number of nitrogens with one attached hydrogen (secondary N) is 2. The summed E-state index contributed by atoms with van der Waals surface area (Å²) in [5, 5.41) is 8.33. The SMILES string of the molecule is Cc1nn(-c2ccccc2)c2sc(C(=O)NCc3cc(=O)[nH]cn3)cc12. The van der Waals surface area contributed by atoms with Crippen LogP contribution in [0.3, 0.4) is 0 Å². The average Bonchev–Trinajstić information content (AvgIpc) is 3.21. The summed E-state index contributed by atoms with van der Waals surface area (Å²) < 4.78 is 1.85. The van der Waals surface area contributed by atoms with Crippen molar-refractivity contribution >= 4 is 27.5 Å². The molecule has 1 amide bonds. The zero-order valence-corrected chi connectivity index (χ0v) is 14.7. The van der Waals surface area contributed by atoms with Crippen molar-refractivity contribution in [2.75, 3.05) is 0 Å². The van der Waals surface area contributed by atoms with E-state index in [1.165, 1.54) is 23.7 Å². The lowest BCUT2D eigenvalue weighted by atomic mass is 10.3. The van der Waals surface area contributed by atoms with Crippen LogP contribution < -0.4 is 10.9 Å². The van der Waals surface area contributed by atoms with E-state index in [2.05, 4.69) is 20.4 Å². The highest BCUT2D eigenvalue weighted by molar-refractivity contribution is 7.20. The second kappa shape index (κ2) is 6.57. The minimum absolute atomic E-state index is 0.195. The maximum Gasteiger partial charge on any atom is 0.261 e. The van der Waals surface area contributed by atoms with Crippen LogP contribution in [0.15, 0.2) is 53.6 Å². The smallest absolute Gasteiger partial charge is 0.261 e. The van der Waals surface area contributed by atoms with E-state index in [1.807, 2.05) is 48.0 Å². The van der Waals surface area contributed by atoms with Gasteiger partial charge in [-0.25, -0.2) is 9.67 Å². The van der Waals surface area contributed by atoms with Crippen molar-refractivity contribution in [1.82, 2.24) is 25.1 Å². The molecule has 2 N–H and O–H groups in total. The Bertz CT molecular complexity index is 1140. The van der Waals surface area contributed by atoms with E-state index in [1.54, 1.807) is 0 Å². The summed E-state index contributed by atoms with van der Waals surface area (Å²) in [5.41, 5.74) is 2.09. The molecule has 3 heterocycles. The van der Waals surface area contributed by atoms with Gasteiger partial charge in [-0.05, 0) is 25.1 Å². The molecule has 26 heavy (non-hydrogen) atoms. The van der Waals surface area contributed by atoms with Crippen LogP contribution in [0.25, 0.3) is 15.9 Å². The number of thiophene rings is 1. The molecule has 0 aliphatic carbocycles. The van der Waals surface area contributed by atoms with Crippen molar-refractivity contribution in [3.05, 3.63) is 75.4 Å². The summed E-state index contributed by atoms with van der Waals surface area (Å²) in [5.74, 6) is -0.202. The molecule has 7 nitrogen and oxygen atoms in total. The van der Waals surface area contributed by atoms with E-state index in [-0.39, 0.29) is 18.0 Å². The minimum atomic E-state index is -0.246. The number of nitrogens with zero attached hydrogens (tertiary/aromatic N) is 3. The molecule has 130 valence electrons. The average molecular weight is 365 g/mol. The van der Waals surface area contributed by atoms with Gasteiger partial charge in [0.2, 0.25) is 0 Å². The Hall–Kier alpha value is -3.26. The molecule has 0 radical (unpaired) electrons. The Morgan fingerprint density at radius 3 is 2.85 bits per heavy atom. The maximum absolute atomic E-state index is 12.5. The number of hydrogen-bond acceptors (Lipinski definition) is 5. The molecule has 0 unspecified atom stereocenters. The van der Waals surface area contributed by atoms with Crippen molar-refractivity contribution < 1.29 is 4.79 Å². The van der Waals surface area contributed by atoms with Crippen molar-refractivity contribution in [1.29, 1.82) is 0 Å². The first-order chi connectivity index (χ1) is 12.6. The number of aromatic amines is 1. The van der Waals surface area contributed by atoms with Crippen LogP contribution in [0.1, 0.15) is 21.1 Å². The van der Waals surface area contributed by atoms with Crippen LogP contribution in [0, 0.1) is 6.92 Å². The molecule has 0 saturated heterocycles. The highest BCUT2D eigenvalue weighted by Gasteiger charge is 2.17. The molecule has 1 aromatic carbocycles. The van der Waals surface area contributed by atoms with Gasteiger partial charge in [0, 0.05) is 11.5 Å². The van der Waals surface area contributed by atoms with Crippen molar-refractivity contribution in [2.45, 2.75) is 13.5 Å². The lowest BCUT2D eigenvalue weighted by molar-refractivity contribution is 0.0954. The summed E-state index contributed by atoms with van der Waals surface area (Å²) in [7, 11) is 0. The van der Waals surface area contributed by atoms with Gasteiger partial charge in [-0.15, -0.1) is 11.3 Å². The largest absolute Gasteiger partial charge is 0.346 e. The van der Waals surface area contributed by atoms with Crippen LogP contribution >= 0.6 is 11.3 Å². The third-order valence-corrected chi connectivity index (χ3v) is 5.04. The Morgan fingerprint density at radius 2 is 2.08 bits per heavy atom. The van der Waals surface area contributed by atoms with Gasteiger partial charge in [0.1, 0.15) is 4.83 Å². The molecule has 3 aromatic heterocycles. The van der Waals surface area contributed by atoms with E-state index in [0.717, 1.165) is 21.6 Å². The predicted molar refractivity (Wildman–Crippen MR) is 99.7 cm³/mol. The Morgan fingerprint density at radius 1 is 1.27 bits per heavy atom. The number of aryl methyl sites for hydroxylation is 1. The van der Waals surface area contributed by atoms with E-state index in [4.69, 9.17) is 0 Å². The number of amides is 1.